The molecule has 1 aliphatic heterocycles. The third-order valence-corrected chi connectivity index (χ3v) is 7.30. The van der Waals surface area contributed by atoms with Gasteiger partial charge in [-0.3, -0.25) is 0 Å². The summed E-state index contributed by atoms with van der Waals surface area (Å²) in [4.78, 5) is 2.63. The maximum atomic E-state index is 2.63. The highest BCUT2D eigenvalue weighted by Crippen LogP contribution is 2.44. The van der Waals surface area contributed by atoms with E-state index in [1.54, 1.807) is 0 Å². The third-order valence-electron chi connectivity index (χ3n) is 7.30. The molecule has 1 unspecified atom stereocenters. The van der Waals surface area contributed by atoms with Crippen LogP contribution in [-0.4, -0.2) is 6.54 Å². The molecule has 1 nitrogen and oxygen atoms in total. The quantitative estimate of drug-likeness (QED) is 0.446. The van der Waals surface area contributed by atoms with Gasteiger partial charge in [0.1, 0.15) is 0 Å². The van der Waals surface area contributed by atoms with Gasteiger partial charge in [-0.05, 0) is 84.4 Å². The molecule has 2 aliphatic rings. The summed E-state index contributed by atoms with van der Waals surface area (Å²) in [6.45, 7) is 7.99. The van der Waals surface area contributed by atoms with Crippen molar-refractivity contribution in [3.8, 4) is 0 Å². The molecule has 0 spiro atoms. The normalized spacial score (nSPS) is 21.0. The van der Waals surface area contributed by atoms with Crippen molar-refractivity contribution in [2.75, 3.05) is 11.4 Å². The maximum absolute atomic E-state index is 2.63. The molecule has 0 saturated heterocycles. The van der Waals surface area contributed by atoms with Crippen LogP contribution in [0.1, 0.15) is 67.3 Å². The van der Waals surface area contributed by atoms with Crippen molar-refractivity contribution in [1.29, 1.82) is 0 Å². The Labute approximate surface area is 181 Å². The van der Waals surface area contributed by atoms with Crippen molar-refractivity contribution in [2.45, 2.75) is 57.9 Å². The lowest BCUT2D eigenvalue weighted by molar-refractivity contribution is 0.490. The maximum Gasteiger partial charge on any atom is 0.0880 e. The Bertz CT molecular complexity index is 1010. The van der Waals surface area contributed by atoms with Crippen molar-refractivity contribution in [1.82, 2.24) is 0 Å². The highest BCUT2D eigenvalue weighted by molar-refractivity contribution is 5.60. The van der Waals surface area contributed by atoms with Gasteiger partial charge in [0.05, 0.1) is 5.54 Å². The Morgan fingerprint density at radius 1 is 0.900 bits per heavy atom. The molecular weight excluding hydrogens is 362 g/mol. The van der Waals surface area contributed by atoms with Crippen LogP contribution in [0.3, 0.4) is 0 Å². The van der Waals surface area contributed by atoms with Crippen molar-refractivity contribution in [3.63, 3.8) is 0 Å². The molecule has 30 heavy (non-hydrogen) atoms. The molecular formula is C29H33N. The SMILES string of the molecule is CC(C)c1ccc(C2(C)c3ccccc3CCN2c2ccc(CC3CC3)cc2)cc1. The summed E-state index contributed by atoms with van der Waals surface area (Å²) in [7, 11) is 0. The van der Waals surface area contributed by atoms with Crippen molar-refractivity contribution in [2.24, 2.45) is 5.92 Å². The number of anilines is 1. The van der Waals surface area contributed by atoms with Crippen molar-refractivity contribution < 1.29 is 0 Å². The lowest BCUT2D eigenvalue weighted by Gasteiger charge is -2.48. The summed E-state index contributed by atoms with van der Waals surface area (Å²) in [6.07, 6.45) is 5.17. The van der Waals surface area contributed by atoms with E-state index in [4.69, 9.17) is 0 Å². The average molecular weight is 396 g/mol. The summed E-state index contributed by atoms with van der Waals surface area (Å²) in [6, 6.07) is 27.8. The Hall–Kier alpha value is -2.54. The average Bonchev–Trinajstić information content (AvgIpc) is 3.59. The molecule has 0 radical (unpaired) electrons. The number of benzene rings is 3. The molecule has 0 bridgehead atoms. The third kappa shape index (κ3) is 3.45. The minimum atomic E-state index is -0.164. The first-order valence-electron chi connectivity index (χ1n) is 11.6. The van der Waals surface area contributed by atoms with Crippen molar-refractivity contribution >= 4 is 5.69 Å². The summed E-state index contributed by atoms with van der Waals surface area (Å²) in [5.74, 6) is 1.49. The first kappa shape index (κ1) is 19.4. The zero-order valence-electron chi connectivity index (χ0n) is 18.6. The van der Waals surface area contributed by atoms with Gasteiger partial charge in [-0.2, -0.15) is 0 Å². The summed E-state index contributed by atoms with van der Waals surface area (Å²) < 4.78 is 0. The zero-order chi connectivity index (χ0) is 20.7. The van der Waals surface area contributed by atoms with E-state index in [2.05, 4.69) is 98.5 Å². The monoisotopic (exact) mass is 395 g/mol. The Morgan fingerprint density at radius 3 is 2.27 bits per heavy atom. The fourth-order valence-electron chi connectivity index (χ4n) is 5.17. The predicted molar refractivity (Wildman–Crippen MR) is 127 cm³/mol. The van der Waals surface area contributed by atoms with Crippen LogP contribution in [0.15, 0.2) is 72.8 Å². The molecule has 1 atom stereocenters. The van der Waals surface area contributed by atoms with Crippen LogP contribution < -0.4 is 4.90 Å². The zero-order valence-corrected chi connectivity index (χ0v) is 18.6. The molecule has 1 heterocycles. The molecule has 154 valence electrons. The molecule has 3 aromatic carbocycles. The standard InChI is InChI=1S/C29H33N/c1-21(2)24-12-14-26(15-13-24)29(3)28-7-5-4-6-25(28)18-19-30(29)27-16-10-23(11-17-27)20-22-8-9-22/h4-7,10-17,21-22H,8-9,18-20H2,1-3H3. The smallest absolute Gasteiger partial charge is 0.0880 e. The molecule has 1 fully saturated rings. The fraction of sp³-hybridized carbons (Fsp3) is 0.379. The van der Waals surface area contributed by atoms with Gasteiger partial charge in [-0.15, -0.1) is 0 Å². The number of fused-ring (bicyclic) bond motifs is 1. The van der Waals surface area contributed by atoms with E-state index in [1.807, 2.05) is 0 Å². The van der Waals surface area contributed by atoms with Crippen LogP contribution in [-0.2, 0) is 18.4 Å². The largest absolute Gasteiger partial charge is 0.358 e. The van der Waals surface area contributed by atoms with E-state index < -0.39 is 0 Å². The van der Waals surface area contributed by atoms with Gasteiger partial charge in [0.25, 0.3) is 0 Å². The predicted octanol–water partition coefficient (Wildman–Crippen LogP) is 7.09. The molecule has 0 amide bonds. The molecule has 0 aromatic heterocycles. The van der Waals surface area contributed by atoms with Crippen LogP contribution in [0.4, 0.5) is 5.69 Å². The van der Waals surface area contributed by atoms with Crippen LogP contribution in [0.2, 0.25) is 0 Å². The van der Waals surface area contributed by atoms with Crippen LogP contribution in [0, 0.1) is 5.92 Å². The van der Waals surface area contributed by atoms with E-state index in [0.717, 1.165) is 18.9 Å². The Morgan fingerprint density at radius 2 is 1.60 bits per heavy atom. The summed E-state index contributed by atoms with van der Waals surface area (Å²) in [5.41, 5.74) is 8.36. The number of nitrogens with zero attached hydrogens (tertiary/aromatic N) is 1. The van der Waals surface area contributed by atoms with Gasteiger partial charge in [0.2, 0.25) is 0 Å². The van der Waals surface area contributed by atoms with Gasteiger partial charge < -0.3 is 4.90 Å². The molecule has 0 N–H and O–H groups in total. The van der Waals surface area contributed by atoms with Crippen LogP contribution in [0.5, 0.6) is 0 Å². The summed E-state index contributed by atoms with van der Waals surface area (Å²) >= 11 is 0. The van der Waals surface area contributed by atoms with E-state index >= 15 is 0 Å². The lowest BCUT2D eigenvalue weighted by Crippen LogP contribution is -2.49. The van der Waals surface area contributed by atoms with Gasteiger partial charge >= 0.3 is 0 Å². The van der Waals surface area contributed by atoms with E-state index in [0.29, 0.717) is 5.92 Å². The second-order valence-electron chi connectivity index (χ2n) is 9.72. The molecule has 1 saturated carbocycles. The topological polar surface area (TPSA) is 3.24 Å². The van der Waals surface area contributed by atoms with E-state index in [9.17, 15) is 0 Å². The Balaban J connectivity index is 1.57. The number of hydrogen-bond acceptors (Lipinski definition) is 1. The van der Waals surface area contributed by atoms with Gasteiger partial charge in [0, 0.05) is 12.2 Å². The molecule has 3 aromatic rings. The van der Waals surface area contributed by atoms with Gasteiger partial charge in [-0.25, -0.2) is 0 Å². The molecule has 1 heteroatoms. The fourth-order valence-corrected chi connectivity index (χ4v) is 5.17. The minimum Gasteiger partial charge on any atom is -0.358 e. The second kappa shape index (κ2) is 7.61. The van der Waals surface area contributed by atoms with Crippen LogP contribution in [0.25, 0.3) is 0 Å². The second-order valence-corrected chi connectivity index (χ2v) is 9.72. The number of rotatable bonds is 5. The van der Waals surface area contributed by atoms with Crippen LogP contribution >= 0.6 is 0 Å². The summed E-state index contributed by atoms with van der Waals surface area (Å²) in [5, 5.41) is 0. The highest BCUT2D eigenvalue weighted by Gasteiger charge is 2.40. The highest BCUT2D eigenvalue weighted by atomic mass is 15.2. The van der Waals surface area contributed by atoms with Gasteiger partial charge in [-0.1, -0.05) is 74.5 Å². The molecule has 1 aliphatic carbocycles. The first-order valence-corrected chi connectivity index (χ1v) is 11.6. The van der Waals surface area contributed by atoms with E-state index in [1.165, 1.54) is 52.8 Å². The Kier molecular flexibility index (Phi) is 4.93. The lowest BCUT2D eigenvalue weighted by atomic mass is 9.76. The van der Waals surface area contributed by atoms with Gasteiger partial charge in [0.15, 0.2) is 0 Å². The minimum absolute atomic E-state index is 0.164. The number of hydrogen-bond donors (Lipinski definition) is 0. The van der Waals surface area contributed by atoms with E-state index in [-0.39, 0.29) is 5.54 Å². The molecule has 5 rings (SSSR count). The first-order chi connectivity index (χ1) is 14.6. The van der Waals surface area contributed by atoms with Crippen molar-refractivity contribution in [3.05, 3.63) is 101 Å².